The molecule has 0 amide bonds. The first-order valence-corrected chi connectivity index (χ1v) is 5.96. The molecule has 16 heavy (non-hydrogen) atoms. The molecule has 0 heterocycles. The molecule has 0 atom stereocenters. The van der Waals surface area contributed by atoms with Crippen LogP contribution in [0.3, 0.4) is 0 Å². The lowest BCUT2D eigenvalue weighted by molar-refractivity contribution is 0.0994. The minimum atomic E-state index is 0.254. The Bertz CT molecular complexity index is 394. The Morgan fingerprint density at radius 1 is 1.31 bits per heavy atom. The van der Waals surface area contributed by atoms with Crippen molar-refractivity contribution in [3.63, 3.8) is 0 Å². The van der Waals surface area contributed by atoms with E-state index in [-0.39, 0.29) is 5.78 Å². The fourth-order valence-corrected chi connectivity index (χ4v) is 1.92. The summed E-state index contributed by atoms with van der Waals surface area (Å²) in [6.07, 6.45) is 2.59. The number of hydrogen-bond donors (Lipinski definition) is 0. The molecule has 1 aromatic carbocycles. The zero-order chi connectivity index (χ0) is 11.5. The predicted octanol–water partition coefficient (Wildman–Crippen LogP) is 3.24. The summed E-state index contributed by atoms with van der Waals surface area (Å²) in [5.74, 6) is 1.73. The van der Waals surface area contributed by atoms with Gasteiger partial charge in [0.15, 0.2) is 5.78 Å². The number of rotatable bonds is 4. The first-order valence-electron chi connectivity index (χ1n) is 5.96. The predicted molar refractivity (Wildman–Crippen MR) is 64.0 cm³/mol. The zero-order valence-corrected chi connectivity index (χ0v) is 9.95. The molecule has 0 saturated heterocycles. The Labute approximate surface area is 96.6 Å². The SMILES string of the molecule is CC(C)CCOc1ccc2c(c1)C(=O)CC2. The van der Waals surface area contributed by atoms with Gasteiger partial charge in [-0.1, -0.05) is 19.9 Å². The number of carbonyl (C=O) groups is 1. The summed E-state index contributed by atoms with van der Waals surface area (Å²) in [4.78, 5) is 11.5. The molecule has 0 fully saturated rings. The van der Waals surface area contributed by atoms with Gasteiger partial charge in [-0.3, -0.25) is 4.79 Å². The molecule has 0 aliphatic heterocycles. The highest BCUT2D eigenvalue weighted by molar-refractivity contribution is 6.00. The lowest BCUT2D eigenvalue weighted by atomic mass is 10.1. The molecule has 0 aromatic heterocycles. The van der Waals surface area contributed by atoms with Gasteiger partial charge in [0, 0.05) is 12.0 Å². The van der Waals surface area contributed by atoms with Crippen LogP contribution in [0.2, 0.25) is 0 Å². The number of aryl methyl sites for hydroxylation is 1. The van der Waals surface area contributed by atoms with Gasteiger partial charge < -0.3 is 4.74 Å². The summed E-state index contributed by atoms with van der Waals surface area (Å²) >= 11 is 0. The van der Waals surface area contributed by atoms with Crippen LogP contribution in [0.15, 0.2) is 18.2 Å². The second kappa shape index (κ2) is 4.69. The molecule has 0 radical (unpaired) electrons. The number of benzene rings is 1. The molecule has 0 bridgehead atoms. The number of carbonyl (C=O) groups excluding carboxylic acids is 1. The maximum absolute atomic E-state index is 11.5. The van der Waals surface area contributed by atoms with E-state index < -0.39 is 0 Å². The molecule has 0 unspecified atom stereocenters. The van der Waals surface area contributed by atoms with E-state index >= 15 is 0 Å². The van der Waals surface area contributed by atoms with Crippen molar-refractivity contribution in [1.82, 2.24) is 0 Å². The molecule has 2 heteroatoms. The number of fused-ring (bicyclic) bond motifs is 1. The van der Waals surface area contributed by atoms with Crippen molar-refractivity contribution in [2.45, 2.75) is 33.1 Å². The third kappa shape index (κ3) is 2.43. The monoisotopic (exact) mass is 218 g/mol. The van der Waals surface area contributed by atoms with Crippen LogP contribution in [0.25, 0.3) is 0 Å². The topological polar surface area (TPSA) is 26.3 Å². The van der Waals surface area contributed by atoms with Gasteiger partial charge in [-0.15, -0.1) is 0 Å². The molecule has 0 N–H and O–H groups in total. The fourth-order valence-electron chi connectivity index (χ4n) is 1.92. The van der Waals surface area contributed by atoms with Crippen molar-refractivity contribution in [3.8, 4) is 5.75 Å². The minimum absolute atomic E-state index is 0.254. The smallest absolute Gasteiger partial charge is 0.163 e. The summed E-state index contributed by atoms with van der Waals surface area (Å²) in [5, 5.41) is 0. The van der Waals surface area contributed by atoms with Gasteiger partial charge in [0.05, 0.1) is 6.61 Å². The maximum atomic E-state index is 11.5. The molecule has 0 saturated carbocycles. The van der Waals surface area contributed by atoms with Gasteiger partial charge >= 0.3 is 0 Å². The van der Waals surface area contributed by atoms with E-state index in [9.17, 15) is 4.79 Å². The highest BCUT2D eigenvalue weighted by Gasteiger charge is 2.19. The average Bonchev–Trinajstić information content (AvgIpc) is 2.60. The first-order chi connectivity index (χ1) is 7.66. The Kier molecular flexibility index (Phi) is 3.28. The van der Waals surface area contributed by atoms with E-state index in [2.05, 4.69) is 13.8 Å². The van der Waals surface area contributed by atoms with E-state index in [4.69, 9.17) is 4.74 Å². The summed E-state index contributed by atoms with van der Waals surface area (Å²) in [6, 6.07) is 5.88. The van der Waals surface area contributed by atoms with Crippen molar-refractivity contribution in [3.05, 3.63) is 29.3 Å². The van der Waals surface area contributed by atoms with Gasteiger partial charge in [-0.2, -0.15) is 0 Å². The third-order valence-corrected chi connectivity index (χ3v) is 2.97. The van der Waals surface area contributed by atoms with Gasteiger partial charge in [-0.25, -0.2) is 0 Å². The Balaban J connectivity index is 2.01. The lowest BCUT2D eigenvalue weighted by Gasteiger charge is -2.09. The molecule has 86 valence electrons. The summed E-state index contributed by atoms with van der Waals surface area (Å²) in [6.45, 7) is 5.08. The minimum Gasteiger partial charge on any atom is -0.494 e. The highest BCUT2D eigenvalue weighted by Crippen LogP contribution is 2.26. The van der Waals surface area contributed by atoms with Gasteiger partial charge in [0.2, 0.25) is 0 Å². The second-order valence-corrected chi connectivity index (χ2v) is 4.77. The third-order valence-electron chi connectivity index (χ3n) is 2.97. The fraction of sp³-hybridized carbons (Fsp3) is 0.500. The van der Waals surface area contributed by atoms with E-state index in [1.165, 1.54) is 5.56 Å². The Morgan fingerprint density at radius 2 is 2.12 bits per heavy atom. The number of ether oxygens (including phenoxy) is 1. The van der Waals surface area contributed by atoms with Crippen LogP contribution in [0.4, 0.5) is 0 Å². The average molecular weight is 218 g/mol. The highest BCUT2D eigenvalue weighted by atomic mass is 16.5. The number of hydrogen-bond acceptors (Lipinski definition) is 2. The Hall–Kier alpha value is -1.31. The summed E-state index contributed by atoms with van der Waals surface area (Å²) < 4.78 is 5.64. The number of ketones is 1. The standard InChI is InChI=1S/C14H18O2/c1-10(2)7-8-16-12-5-3-11-4-6-14(15)13(11)9-12/h3,5,9-10H,4,6-8H2,1-2H3. The van der Waals surface area contributed by atoms with Gasteiger partial charge in [-0.05, 0) is 36.5 Å². The normalized spacial score (nSPS) is 14.3. The molecular weight excluding hydrogens is 200 g/mol. The van der Waals surface area contributed by atoms with Crippen molar-refractivity contribution >= 4 is 5.78 Å². The lowest BCUT2D eigenvalue weighted by Crippen LogP contribution is -2.02. The number of Topliss-reactive ketones (excluding diaryl/α,β-unsaturated/α-hetero) is 1. The van der Waals surface area contributed by atoms with E-state index in [1.54, 1.807) is 0 Å². The molecule has 1 aromatic rings. The van der Waals surface area contributed by atoms with Crippen LogP contribution in [-0.4, -0.2) is 12.4 Å². The quantitative estimate of drug-likeness (QED) is 0.775. The Morgan fingerprint density at radius 3 is 2.88 bits per heavy atom. The second-order valence-electron chi connectivity index (χ2n) is 4.77. The van der Waals surface area contributed by atoms with Crippen molar-refractivity contribution in [2.75, 3.05) is 6.61 Å². The van der Waals surface area contributed by atoms with E-state index in [1.807, 2.05) is 18.2 Å². The maximum Gasteiger partial charge on any atom is 0.163 e. The van der Waals surface area contributed by atoms with Gasteiger partial charge in [0.25, 0.3) is 0 Å². The van der Waals surface area contributed by atoms with Crippen LogP contribution in [0, 0.1) is 5.92 Å². The molecular formula is C14H18O2. The van der Waals surface area contributed by atoms with Crippen LogP contribution in [-0.2, 0) is 6.42 Å². The molecule has 1 aliphatic carbocycles. The van der Waals surface area contributed by atoms with Crippen LogP contribution in [0.1, 0.15) is 42.6 Å². The van der Waals surface area contributed by atoms with Crippen molar-refractivity contribution in [1.29, 1.82) is 0 Å². The first kappa shape index (κ1) is 11.2. The zero-order valence-electron chi connectivity index (χ0n) is 9.95. The largest absolute Gasteiger partial charge is 0.494 e. The van der Waals surface area contributed by atoms with Crippen molar-refractivity contribution in [2.24, 2.45) is 5.92 Å². The van der Waals surface area contributed by atoms with Crippen LogP contribution in [0.5, 0.6) is 5.75 Å². The van der Waals surface area contributed by atoms with Crippen LogP contribution < -0.4 is 4.74 Å². The van der Waals surface area contributed by atoms with Crippen LogP contribution >= 0.6 is 0 Å². The summed E-state index contributed by atoms with van der Waals surface area (Å²) in [5.41, 5.74) is 2.03. The van der Waals surface area contributed by atoms with Crippen molar-refractivity contribution < 1.29 is 9.53 Å². The summed E-state index contributed by atoms with van der Waals surface area (Å²) in [7, 11) is 0. The molecule has 2 nitrogen and oxygen atoms in total. The van der Waals surface area contributed by atoms with E-state index in [0.29, 0.717) is 12.3 Å². The van der Waals surface area contributed by atoms with Gasteiger partial charge in [0.1, 0.15) is 5.75 Å². The molecule has 1 aliphatic rings. The molecule has 2 rings (SSSR count). The molecule has 0 spiro atoms. The van der Waals surface area contributed by atoms with E-state index in [0.717, 1.165) is 30.8 Å².